The topological polar surface area (TPSA) is 25.8 Å². The molecule has 6 aromatic carbocycles. The fraction of sp³-hybridized carbons (Fsp3) is 0. The summed E-state index contributed by atoms with van der Waals surface area (Å²) in [6.07, 6.45) is 0. The standard InChI is InChI=1S/C34H20N2S/c1-2-10-21(11-3-1)33-35-32(31-28-16-8-9-17-30(28)37-34(31)36-33)22-18-19-27-25-14-5-4-12-23(25)24-13-6-7-15-26(24)29(27)20-22/h1-20H. The summed E-state index contributed by atoms with van der Waals surface area (Å²) in [6, 6.07) is 43.1. The van der Waals surface area contributed by atoms with Crippen LogP contribution >= 0.6 is 11.3 Å². The fourth-order valence-electron chi connectivity index (χ4n) is 5.60. The number of hydrogen-bond acceptors (Lipinski definition) is 3. The van der Waals surface area contributed by atoms with E-state index in [2.05, 4.69) is 103 Å². The molecule has 0 aliphatic carbocycles. The van der Waals surface area contributed by atoms with E-state index in [1.54, 1.807) is 11.3 Å². The molecule has 8 rings (SSSR count). The van der Waals surface area contributed by atoms with Crippen molar-refractivity contribution < 1.29 is 0 Å². The third-order valence-electron chi connectivity index (χ3n) is 7.29. The van der Waals surface area contributed by atoms with E-state index in [0.717, 1.165) is 32.9 Å². The monoisotopic (exact) mass is 488 g/mol. The Balaban J connectivity index is 1.50. The maximum Gasteiger partial charge on any atom is 0.161 e. The average molecular weight is 489 g/mol. The minimum atomic E-state index is 0.762. The highest BCUT2D eigenvalue weighted by Crippen LogP contribution is 2.42. The Hall–Kier alpha value is -4.60. The second-order valence-electron chi connectivity index (χ2n) is 9.39. The van der Waals surface area contributed by atoms with Crippen molar-refractivity contribution in [3.63, 3.8) is 0 Å². The van der Waals surface area contributed by atoms with Crippen molar-refractivity contribution in [2.75, 3.05) is 0 Å². The van der Waals surface area contributed by atoms with Gasteiger partial charge in [-0.2, -0.15) is 0 Å². The molecule has 0 aliphatic heterocycles. The maximum atomic E-state index is 5.21. The molecule has 0 aliphatic rings. The number of nitrogens with zero attached hydrogens (tertiary/aromatic N) is 2. The molecular formula is C34H20N2S. The van der Waals surface area contributed by atoms with Crippen molar-refractivity contribution in [3.8, 4) is 22.6 Å². The molecule has 2 nitrogen and oxygen atoms in total. The average Bonchev–Trinajstić information content (AvgIpc) is 3.36. The van der Waals surface area contributed by atoms with Crippen molar-refractivity contribution in [2.45, 2.75) is 0 Å². The van der Waals surface area contributed by atoms with Crippen LogP contribution in [0.5, 0.6) is 0 Å². The van der Waals surface area contributed by atoms with E-state index < -0.39 is 0 Å². The van der Waals surface area contributed by atoms with Gasteiger partial charge in [0.05, 0.1) is 5.69 Å². The van der Waals surface area contributed by atoms with Gasteiger partial charge in [0, 0.05) is 26.6 Å². The number of thiophene rings is 1. The van der Waals surface area contributed by atoms with Crippen LogP contribution in [-0.2, 0) is 0 Å². The van der Waals surface area contributed by atoms with Crippen LogP contribution in [0, 0.1) is 0 Å². The van der Waals surface area contributed by atoms with Gasteiger partial charge in [-0.1, -0.05) is 109 Å². The van der Waals surface area contributed by atoms with Crippen LogP contribution in [0.2, 0.25) is 0 Å². The summed E-state index contributed by atoms with van der Waals surface area (Å²) in [5, 5.41) is 9.97. The van der Waals surface area contributed by atoms with Gasteiger partial charge in [0.15, 0.2) is 5.82 Å². The zero-order chi connectivity index (χ0) is 24.3. The fourth-order valence-corrected chi connectivity index (χ4v) is 6.68. The molecule has 0 N–H and O–H groups in total. The molecule has 37 heavy (non-hydrogen) atoms. The van der Waals surface area contributed by atoms with Gasteiger partial charge in [0.2, 0.25) is 0 Å². The van der Waals surface area contributed by atoms with Gasteiger partial charge in [-0.15, -0.1) is 11.3 Å². The lowest BCUT2D eigenvalue weighted by molar-refractivity contribution is 1.24. The molecule has 0 radical (unpaired) electrons. The minimum Gasteiger partial charge on any atom is -0.227 e. The second-order valence-corrected chi connectivity index (χ2v) is 10.4. The molecule has 3 heteroatoms. The van der Waals surface area contributed by atoms with Gasteiger partial charge in [-0.3, -0.25) is 0 Å². The van der Waals surface area contributed by atoms with Gasteiger partial charge in [0.25, 0.3) is 0 Å². The van der Waals surface area contributed by atoms with Crippen molar-refractivity contribution in [1.29, 1.82) is 0 Å². The zero-order valence-corrected chi connectivity index (χ0v) is 20.7. The molecule has 172 valence electrons. The number of benzene rings is 6. The molecular weight excluding hydrogens is 468 g/mol. The molecule has 0 atom stereocenters. The molecule has 2 aromatic heterocycles. The van der Waals surface area contributed by atoms with Gasteiger partial charge < -0.3 is 0 Å². The first-order valence-electron chi connectivity index (χ1n) is 12.4. The van der Waals surface area contributed by atoms with E-state index in [1.165, 1.54) is 42.4 Å². The third kappa shape index (κ3) is 3.11. The van der Waals surface area contributed by atoms with Gasteiger partial charge in [0.1, 0.15) is 4.83 Å². The van der Waals surface area contributed by atoms with E-state index in [-0.39, 0.29) is 0 Å². The quantitative estimate of drug-likeness (QED) is 0.226. The molecule has 0 bridgehead atoms. The summed E-state index contributed by atoms with van der Waals surface area (Å²) in [7, 11) is 0. The van der Waals surface area contributed by atoms with E-state index >= 15 is 0 Å². The summed E-state index contributed by atoms with van der Waals surface area (Å²) < 4.78 is 1.23. The van der Waals surface area contributed by atoms with E-state index in [9.17, 15) is 0 Å². The normalized spacial score (nSPS) is 11.8. The second kappa shape index (κ2) is 7.95. The number of fused-ring (bicyclic) bond motifs is 9. The molecule has 0 amide bonds. The highest BCUT2D eigenvalue weighted by atomic mass is 32.1. The Morgan fingerprint density at radius 3 is 1.70 bits per heavy atom. The lowest BCUT2D eigenvalue weighted by Crippen LogP contribution is -1.94. The number of aromatic nitrogens is 2. The summed E-state index contributed by atoms with van der Waals surface area (Å²) in [4.78, 5) is 11.3. The summed E-state index contributed by atoms with van der Waals surface area (Å²) >= 11 is 1.74. The summed E-state index contributed by atoms with van der Waals surface area (Å²) in [6.45, 7) is 0. The SMILES string of the molecule is c1ccc(-c2nc(-c3ccc4c5ccccc5c5ccccc5c4c3)c3c(n2)sc2ccccc23)cc1. The van der Waals surface area contributed by atoms with Gasteiger partial charge >= 0.3 is 0 Å². The molecule has 0 saturated heterocycles. The first kappa shape index (κ1) is 20.6. The Kier molecular flexibility index (Phi) is 4.42. The Labute approximate surface area is 217 Å². The lowest BCUT2D eigenvalue weighted by Gasteiger charge is -2.13. The maximum absolute atomic E-state index is 5.21. The Bertz CT molecular complexity index is 2110. The Morgan fingerprint density at radius 1 is 0.432 bits per heavy atom. The summed E-state index contributed by atoms with van der Waals surface area (Å²) in [5.41, 5.74) is 3.13. The van der Waals surface area contributed by atoms with Gasteiger partial charge in [-0.05, 0) is 44.5 Å². The van der Waals surface area contributed by atoms with Crippen LogP contribution in [0.1, 0.15) is 0 Å². The zero-order valence-electron chi connectivity index (χ0n) is 19.8. The van der Waals surface area contributed by atoms with Gasteiger partial charge in [-0.25, -0.2) is 9.97 Å². The van der Waals surface area contributed by atoms with Crippen molar-refractivity contribution in [2.24, 2.45) is 0 Å². The molecule has 0 unspecified atom stereocenters. The minimum absolute atomic E-state index is 0.762. The molecule has 0 saturated carbocycles. The van der Waals surface area contributed by atoms with Crippen molar-refractivity contribution in [1.82, 2.24) is 9.97 Å². The molecule has 0 fully saturated rings. The van der Waals surface area contributed by atoms with Crippen LogP contribution in [-0.4, -0.2) is 9.97 Å². The van der Waals surface area contributed by atoms with E-state index in [1.807, 2.05) is 18.2 Å². The highest BCUT2D eigenvalue weighted by molar-refractivity contribution is 7.25. The predicted octanol–water partition coefficient (Wildman–Crippen LogP) is 9.64. The van der Waals surface area contributed by atoms with Crippen LogP contribution in [0.3, 0.4) is 0 Å². The van der Waals surface area contributed by atoms with Crippen LogP contribution < -0.4 is 0 Å². The lowest BCUT2D eigenvalue weighted by atomic mass is 9.92. The number of hydrogen-bond donors (Lipinski definition) is 0. The summed E-state index contributed by atoms with van der Waals surface area (Å²) in [5.74, 6) is 0.762. The third-order valence-corrected chi connectivity index (χ3v) is 8.35. The van der Waals surface area contributed by atoms with Crippen molar-refractivity contribution in [3.05, 3.63) is 121 Å². The molecule has 0 spiro atoms. The Morgan fingerprint density at radius 2 is 1.00 bits per heavy atom. The van der Waals surface area contributed by atoms with Crippen molar-refractivity contribution >= 4 is 64.0 Å². The first-order chi connectivity index (χ1) is 18.3. The van der Waals surface area contributed by atoms with E-state index in [4.69, 9.17) is 9.97 Å². The van der Waals surface area contributed by atoms with E-state index in [0.29, 0.717) is 0 Å². The van der Waals surface area contributed by atoms with Crippen LogP contribution in [0.25, 0.3) is 75.3 Å². The first-order valence-corrected chi connectivity index (χ1v) is 13.2. The molecule has 8 aromatic rings. The molecule has 2 heterocycles. The predicted molar refractivity (Wildman–Crippen MR) is 158 cm³/mol. The smallest absolute Gasteiger partial charge is 0.161 e. The number of rotatable bonds is 2. The van der Waals surface area contributed by atoms with Crippen LogP contribution in [0.15, 0.2) is 121 Å². The van der Waals surface area contributed by atoms with Crippen LogP contribution in [0.4, 0.5) is 0 Å². The largest absolute Gasteiger partial charge is 0.227 e. The highest BCUT2D eigenvalue weighted by Gasteiger charge is 2.18.